The number of para-hydroxylation sites is 2. The summed E-state index contributed by atoms with van der Waals surface area (Å²) >= 11 is 0. The van der Waals surface area contributed by atoms with E-state index in [1.165, 1.54) is 7.11 Å². The van der Waals surface area contributed by atoms with Crippen molar-refractivity contribution in [2.45, 2.75) is 20.1 Å². The molecule has 2 aromatic carbocycles. The summed E-state index contributed by atoms with van der Waals surface area (Å²) in [5.41, 5.74) is 1.45. The van der Waals surface area contributed by atoms with Crippen molar-refractivity contribution in [3.8, 4) is 5.75 Å². The fraction of sp³-hybridized carbons (Fsp3) is 0.278. The summed E-state index contributed by atoms with van der Waals surface area (Å²) in [6.45, 7) is 4.63. The predicted octanol–water partition coefficient (Wildman–Crippen LogP) is 3.72. The number of hydrogen-bond acceptors (Lipinski definition) is 4. The van der Waals surface area contributed by atoms with E-state index in [0.29, 0.717) is 11.3 Å². The molecule has 0 N–H and O–H groups in total. The van der Waals surface area contributed by atoms with Gasteiger partial charge in [-0.1, -0.05) is 30.3 Å². The molecule has 0 fully saturated rings. The number of ether oxygens (including phenoxy) is 2. The fourth-order valence-electron chi connectivity index (χ4n) is 2.36. The first-order chi connectivity index (χ1) is 10.7. The van der Waals surface area contributed by atoms with Crippen molar-refractivity contribution < 1.29 is 14.3 Å². The summed E-state index contributed by atoms with van der Waals surface area (Å²) < 4.78 is 10.8. The van der Waals surface area contributed by atoms with Gasteiger partial charge < -0.3 is 14.4 Å². The maximum absolute atomic E-state index is 12.4. The molecule has 2 aromatic rings. The van der Waals surface area contributed by atoms with Gasteiger partial charge in [0.1, 0.15) is 11.3 Å². The van der Waals surface area contributed by atoms with Crippen LogP contribution in [0.2, 0.25) is 0 Å². The second-order valence-electron chi connectivity index (χ2n) is 4.83. The van der Waals surface area contributed by atoms with Crippen LogP contribution in [0.3, 0.4) is 0 Å². The first-order valence-electron chi connectivity index (χ1n) is 7.33. The van der Waals surface area contributed by atoms with Gasteiger partial charge in [0.15, 0.2) is 6.23 Å². The molecule has 0 radical (unpaired) electrons. The molecule has 0 aliphatic heterocycles. The Bertz CT molecular complexity index is 613. The van der Waals surface area contributed by atoms with Crippen LogP contribution in [0.4, 0.5) is 5.69 Å². The summed E-state index contributed by atoms with van der Waals surface area (Å²) in [6, 6.07) is 16.9. The van der Waals surface area contributed by atoms with Gasteiger partial charge in [0, 0.05) is 12.2 Å². The number of nitrogens with zero attached hydrogens (tertiary/aromatic N) is 1. The Morgan fingerprint density at radius 3 is 2.36 bits per heavy atom. The van der Waals surface area contributed by atoms with E-state index in [1.807, 2.05) is 55.1 Å². The molecular formula is C18H21NO3. The zero-order valence-corrected chi connectivity index (χ0v) is 13.2. The minimum Gasteiger partial charge on any atom is -0.496 e. The topological polar surface area (TPSA) is 38.8 Å². The van der Waals surface area contributed by atoms with E-state index in [1.54, 1.807) is 18.2 Å². The van der Waals surface area contributed by atoms with E-state index in [0.717, 1.165) is 12.2 Å². The summed E-state index contributed by atoms with van der Waals surface area (Å²) in [4.78, 5) is 14.4. The molecule has 0 aromatic heterocycles. The number of rotatable bonds is 6. The van der Waals surface area contributed by atoms with E-state index in [-0.39, 0.29) is 12.2 Å². The summed E-state index contributed by atoms with van der Waals surface area (Å²) in [5.74, 6) is 0.127. The van der Waals surface area contributed by atoms with E-state index < -0.39 is 0 Å². The lowest BCUT2D eigenvalue weighted by atomic mass is 10.2. The molecule has 0 amide bonds. The number of esters is 1. The molecule has 116 valence electrons. The van der Waals surface area contributed by atoms with Gasteiger partial charge in [0.05, 0.1) is 7.11 Å². The molecule has 1 atom stereocenters. The second kappa shape index (κ2) is 7.50. The number of anilines is 1. The zero-order chi connectivity index (χ0) is 15.9. The third-order valence-corrected chi connectivity index (χ3v) is 3.47. The predicted molar refractivity (Wildman–Crippen MR) is 87.3 cm³/mol. The van der Waals surface area contributed by atoms with Gasteiger partial charge in [0.25, 0.3) is 0 Å². The highest BCUT2D eigenvalue weighted by Crippen LogP contribution is 2.21. The largest absolute Gasteiger partial charge is 0.496 e. The molecule has 0 aliphatic rings. The van der Waals surface area contributed by atoms with Crippen LogP contribution in [-0.4, -0.2) is 25.9 Å². The Kier molecular flexibility index (Phi) is 5.42. The van der Waals surface area contributed by atoms with Crippen LogP contribution in [0.1, 0.15) is 24.2 Å². The maximum Gasteiger partial charge on any atom is 0.343 e. The van der Waals surface area contributed by atoms with E-state index >= 15 is 0 Å². The van der Waals surface area contributed by atoms with Crippen LogP contribution < -0.4 is 9.64 Å². The van der Waals surface area contributed by atoms with Crippen molar-refractivity contribution in [2.75, 3.05) is 18.6 Å². The smallest absolute Gasteiger partial charge is 0.343 e. The third-order valence-electron chi connectivity index (χ3n) is 3.47. The Morgan fingerprint density at radius 2 is 1.73 bits per heavy atom. The van der Waals surface area contributed by atoms with E-state index in [2.05, 4.69) is 0 Å². The molecule has 4 heteroatoms. The highest BCUT2D eigenvalue weighted by atomic mass is 16.6. The van der Waals surface area contributed by atoms with Gasteiger partial charge in [-0.15, -0.1) is 0 Å². The Labute approximate surface area is 131 Å². The first kappa shape index (κ1) is 15.9. The van der Waals surface area contributed by atoms with Crippen LogP contribution in [-0.2, 0) is 4.74 Å². The van der Waals surface area contributed by atoms with Gasteiger partial charge in [-0.25, -0.2) is 4.79 Å². The second-order valence-corrected chi connectivity index (χ2v) is 4.83. The quantitative estimate of drug-likeness (QED) is 0.602. The van der Waals surface area contributed by atoms with Crippen LogP contribution in [0.15, 0.2) is 54.6 Å². The number of carbonyl (C=O) groups excluding carboxylic acids is 1. The van der Waals surface area contributed by atoms with E-state index in [9.17, 15) is 4.79 Å². The van der Waals surface area contributed by atoms with Crippen LogP contribution in [0, 0.1) is 0 Å². The molecule has 1 unspecified atom stereocenters. The molecule has 4 nitrogen and oxygen atoms in total. The molecule has 0 bridgehead atoms. The molecule has 0 heterocycles. The van der Waals surface area contributed by atoms with Crippen molar-refractivity contribution in [1.29, 1.82) is 0 Å². The molecular weight excluding hydrogens is 278 g/mol. The Morgan fingerprint density at radius 1 is 1.09 bits per heavy atom. The standard InChI is InChI=1S/C18H21NO3/c1-4-19(15-10-6-5-7-11-15)14(2)22-18(20)16-12-8-9-13-17(16)21-3/h5-14H,4H2,1-3H3. The van der Waals surface area contributed by atoms with Crippen molar-refractivity contribution in [2.24, 2.45) is 0 Å². The molecule has 22 heavy (non-hydrogen) atoms. The molecule has 2 rings (SSSR count). The van der Waals surface area contributed by atoms with Gasteiger partial charge in [-0.2, -0.15) is 0 Å². The maximum atomic E-state index is 12.4. The minimum atomic E-state index is -0.390. The summed E-state index contributed by atoms with van der Waals surface area (Å²) in [7, 11) is 1.54. The van der Waals surface area contributed by atoms with Crippen molar-refractivity contribution in [3.63, 3.8) is 0 Å². The monoisotopic (exact) mass is 299 g/mol. The zero-order valence-electron chi connectivity index (χ0n) is 13.2. The Balaban J connectivity index is 2.13. The van der Waals surface area contributed by atoms with Crippen molar-refractivity contribution >= 4 is 11.7 Å². The lowest BCUT2D eigenvalue weighted by molar-refractivity contribution is 0.0332. The molecule has 0 aliphatic carbocycles. The van der Waals surface area contributed by atoms with Gasteiger partial charge in [0.2, 0.25) is 0 Å². The van der Waals surface area contributed by atoms with Crippen LogP contribution in [0.5, 0.6) is 5.75 Å². The molecule has 0 saturated heterocycles. The van der Waals surface area contributed by atoms with Crippen LogP contribution >= 0.6 is 0 Å². The lowest BCUT2D eigenvalue weighted by Crippen LogP contribution is -2.36. The summed E-state index contributed by atoms with van der Waals surface area (Å²) in [5, 5.41) is 0. The molecule has 0 spiro atoms. The normalized spacial score (nSPS) is 11.6. The summed E-state index contributed by atoms with van der Waals surface area (Å²) in [6.07, 6.45) is -0.371. The van der Waals surface area contributed by atoms with Gasteiger partial charge in [-0.05, 0) is 38.1 Å². The number of methoxy groups -OCH3 is 1. The lowest BCUT2D eigenvalue weighted by Gasteiger charge is -2.29. The minimum absolute atomic E-state index is 0.371. The highest BCUT2D eigenvalue weighted by Gasteiger charge is 2.20. The van der Waals surface area contributed by atoms with Crippen LogP contribution in [0.25, 0.3) is 0 Å². The van der Waals surface area contributed by atoms with Gasteiger partial charge in [-0.3, -0.25) is 0 Å². The average molecular weight is 299 g/mol. The first-order valence-corrected chi connectivity index (χ1v) is 7.33. The number of carbonyl (C=O) groups is 1. The van der Waals surface area contributed by atoms with Crippen molar-refractivity contribution in [1.82, 2.24) is 0 Å². The fourth-order valence-corrected chi connectivity index (χ4v) is 2.36. The number of benzene rings is 2. The third kappa shape index (κ3) is 3.58. The average Bonchev–Trinajstić information content (AvgIpc) is 2.56. The SMILES string of the molecule is CCN(c1ccccc1)C(C)OC(=O)c1ccccc1OC. The Hall–Kier alpha value is -2.49. The van der Waals surface area contributed by atoms with E-state index in [4.69, 9.17) is 9.47 Å². The van der Waals surface area contributed by atoms with Gasteiger partial charge >= 0.3 is 5.97 Å². The molecule has 0 saturated carbocycles. The van der Waals surface area contributed by atoms with Crippen molar-refractivity contribution in [3.05, 3.63) is 60.2 Å². The highest BCUT2D eigenvalue weighted by molar-refractivity contribution is 5.92. The number of hydrogen-bond donors (Lipinski definition) is 0.